The van der Waals surface area contributed by atoms with Crippen LogP contribution >= 0.6 is 0 Å². The smallest absolute Gasteiger partial charge is 0.171 e. The van der Waals surface area contributed by atoms with E-state index in [9.17, 15) is 0 Å². The third-order valence-electron chi connectivity index (χ3n) is 1.76. The van der Waals surface area contributed by atoms with Gasteiger partial charge in [0.15, 0.2) is 18.4 Å². The zero-order chi connectivity index (χ0) is 8.43. The van der Waals surface area contributed by atoms with Gasteiger partial charge in [0.25, 0.3) is 0 Å². The van der Waals surface area contributed by atoms with E-state index in [2.05, 4.69) is 50.7 Å². The minimum absolute atomic E-state index is 0.564. The van der Waals surface area contributed by atoms with Crippen LogP contribution in [0.1, 0.15) is 31.0 Å². The van der Waals surface area contributed by atoms with Crippen LogP contribution in [0.25, 0.3) is 0 Å². The van der Waals surface area contributed by atoms with Crippen LogP contribution in [-0.4, -0.2) is 0 Å². The summed E-state index contributed by atoms with van der Waals surface area (Å²) >= 11 is 0. The SMILES string of the molecule is Cc1cc(C)c[n+](C(C)C)c1. The molecule has 0 bridgehead atoms. The van der Waals surface area contributed by atoms with Gasteiger partial charge in [-0.3, -0.25) is 0 Å². The largest absolute Gasteiger partial charge is 0.203 e. The molecule has 1 aromatic heterocycles. The van der Waals surface area contributed by atoms with Crippen molar-refractivity contribution in [2.24, 2.45) is 0 Å². The van der Waals surface area contributed by atoms with Gasteiger partial charge in [-0.05, 0) is 33.8 Å². The minimum atomic E-state index is 0.564. The van der Waals surface area contributed by atoms with Gasteiger partial charge in [-0.25, -0.2) is 4.57 Å². The molecule has 0 aliphatic carbocycles. The maximum Gasteiger partial charge on any atom is 0.171 e. The summed E-state index contributed by atoms with van der Waals surface area (Å²) < 4.78 is 2.24. The second kappa shape index (κ2) is 3.04. The fraction of sp³-hybridized carbons (Fsp3) is 0.500. The monoisotopic (exact) mass is 150 g/mol. The Morgan fingerprint density at radius 2 is 1.55 bits per heavy atom. The standard InChI is InChI=1S/C10H16N/c1-8(2)11-6-9(3)5-10(4)7-11/h5-8H,1-4H3/q+1. The van der Waals surface area contributed by atoms with E-state index in [1.807, 2.05) is 0 Å². The van der Waals surface area contributed by atoms with Crippen LogP contribution in [0.15, 0.2) is 18.5 Å². The molecule has 0 aliphatic heterocycles. The number of hydrogen-bond donors (Lipinski definition) is 0. The Kier molecular flexibility index (Phi) is 2.28. The normalized spacial score (nSPS) is 10.6. The average molecular weight is 150 g/mol. The summed E-state index contributed by atoms with van der Waals surface area (Å²) in [6.07, 6.45) is 4.36. The highest BCUT2D eigenvalue weighted by molar-refractivity contribution is 5.11. The summed E-state index contributed by atoms with van der Waals surface area (Å²) in [6, 6.07) is 2.76. The first-order valence-electron chi connectivity index (χ1n) is 4.08. The van der Waals surface area contributed by atoms with Gasteiger partial charge in [-0.2, -0.15) is 0 Å². The van der Waals surface area contributed by atoms with Crippen molar-refractivity contribution < 1.29 is 4.57 Å². The number of aryl methyl sites for hydroxylation is 2. The Balaban J connectivity index is 3.08. The van der Waals surface area contributed by atoms with Gasteiger partial charge >= 0.3 is 0 Å². The molecule has 60 valence electrons. The molecule has 1 nitrogen and oxygen atoms in total. The Morgan fingerprint density at radius 1 is 1.09 bits per heavy atom. The maximum atomic E-state index is 2.24. The molecule has 0 unspecified atom stereocenters. The zero-order valence-corrected chi connectivity index (χ0v) is 7.76. The Hall–Kier alpha value is -0.850. The van der Waals surface area contributed by atoms with Crippen molar-refractivity contribution in [1.29, 1.82) is 0 Å². The molecule has 0 N–H and O–H groups in total. The molecule has 1 heterocycles. The van der Waals surface area contributed by atoms with Gasteiger partial charge in [0.05, 0.1) is 0 Å². The van der Waals surface area contributed by atoms with E-state index in [-0.39, 0.29) is 0 Å². The summed E-state index contributed by atoms with van der Waals surface area (Å²) in [5.74, 6) is 0. The molecule has 0 saturated carbocycles. The molecule has 1 aromatic rings. The maximum absolute atomic E-state index is 2.24. The van der Waals surface area contributed by atoms with E-state index < -0.39 is 0 Å². The van der Waals surface area contributed by atoms with E-state index in [4.69, 9.17) is 0 Å². The number of hydrogen-bond acceptors (Lipinski definition) is 0. The first-order valence-corrected chi connectivity index (χ1v) is 4.08. The minimum Gasteiger partial charge on any atom is -0.203 e. The van der Waals surface area contributed by atoms with Crippen LogP contribution in [0.3, 0.4) is 0 Å². The summed E-state index contributed by atoms with van der Waals surface area (Å²) in [7, 11) is 0. The highest BCUT2D eigenvalue weighted by Crippen LogP contribution is 2.00. The molecular weight excluding hydrogens is 134 g/mol. The fourth-order valence-corrected chi connectivity index (χ4v) is 1.24. The molecule has 1 rings (SSSR count). The van der Waals surface area contributed by atoms with Crippen molar-refractivity contribution in [3.05, 3.63) is 29.6 Å². The molecule has 0 amide bonds. The van der Waals surface area contributed by atoms with Gasteiger partial charge in [0, 0.05) is 11.1 Å². The van der Waals surface area contributed by atoms with Crippen LogP contribution in [0.2, 0.25) is 0 Å². The fourth-order valence-electron chi connectivity index (χ4n) is 1.24. The van der Waals surface area contributed by atoms with E-state index in [1.165, 1.54) is 11.1 Å². The van der Waals surface area contributed by atoms with Crippen molar-refractivity contribution in [3.8, 4) is 0 Å². The highest BCUT2D eigenvalue weighted by Gasteiger charge is 2.05. The predicted octanol–water partition coefficient (Wildman–Crippen LogP) is 2.17. The van der Waals surface area contributed by atoms with Crippen molar-refractivity contribution in [3.63, 3.8) is 0 Å². The van der Waals surface area contributed by atoms with Gasteiger partial charge in [-0.15, -0.1) is 0 Å². The lowest BCUT2D eigenvalue weighted by atomic mass is 10.2. The lowest BCUT2D eigenvalue weighted by Gasteiger charge is -2.01. The third-order valence-corrected chi connectivity index (χ3v) is 1.76. The summed E-state index contributed by atoms with van der Waals surface area (Å²) in [6.45, 7) is 8.65. The van der Waals surface area contributed by atoms with E-state index in [0.717, 1.165) is 0 Å². The number of aromatic nitrogens is 1. The second-order valence-corrected chi connectivity index (χ2v) is 3.43. The first kappa shape index (κ1) is 8.25. The molecule has 1 heteroatoms. The molecule has 0 saturated heterocycles. The molecule has 0 atom stereocenters. The van der Waals surface area contributed by atoms with Gasteiger partial charge in [-0.1, -0.05) is 0 Å². The van der Waals surface area contributed by atoms with Crippen LogP contribution in [0.5, 0.6) is 0 Å². The third kappa shape index (κ3) is 2.04. The second-order valence-electron chi connectivity index (χ2n) is 3.43. The van der Waals surface area contributed by atoms with Crippen molar-refractivity contribution in [1.82, 2.24) is 0 Å². The van der Waals surface area contributed by atoms with Crippen LogP contribution in [0.4, 0.5) is 0 Å². The van der Waals surface area contributed by atoms with Crippen molar-refractivity contribution in [2.45, 2.75) is 33.7 Å². The van der Waals surface area contributed by atoms with Crippen molar-refractivity contribution >= 4 is 0 Å². The number of pyridine rings is 1. The average Bonchev–Trinajstić information content (AvgIpc) is 1.85. The predicted molar refractivity (Wildman–Crippen MR) is 46.5 cm³/mol. The summed E-state index contributed by atoms with van der Waals surface area (Å²) in [4.78, 5) is 0. The van der Waals surface area contributed by atoms with Gasteiger partial charge in [0.1, 0.15) is 0 Å². The van der Waals surface area contributed by atoms with Crippen LogP contribution in [-0.2, 0) is 0 Å². The molecular formula is C10H16N+. The van der Waals surface area contributed by atoms with E-state index in [0.29, 0.717) is 6.04 Å². The first-order chi connectivity index (χ1) is 5.09. The topological polar surface area (TPSA) is 3.88 Å². The molecule has 0 radical (unpaired) electrons. The molecule has 0 spiro atoms. The van der Waals surface area contributed by atoms with Crippen LogP contribution in [0, 0.1) is 13.8 Å². The number of nitrogens with zero attached hydrogens (tertiary/aromatic N) is 1. The Labute approximate surface area is 68.7 Å². The molecule has 0 aromatic carbocycles. The zero-order valence-electron chi connectivity index (χ0n) is 7.76. The Bertz CT molecular complexity index is 231. The van der Waals surface area contributed by atoms with E-state index >= 15 is 0 Å². The highest BCUT2D eigenvalue weighted by atomic mass is 15.0. The summed E-state index contributed by atoms with van der Waals surface area (Å²) in [5.41, 5.74) is 2.66. The van der Waals surface area contributed by atoms with Crippen LogP contribution < -0.4 is 4.57 Å². The van der Waals surface area contributed by atoms with E-state index in [1.54, 1.807) is 0 Å². The molecule has 0 fully saturated rings. The molecule has 0 aliphatic rings. The lowest BCUT2D eigenvalue weighted by Crippen LogP contribution is -2.35. The lowest BCUT2D eigenvalue weighted by molar-refractivity contribution is -0.716. The Morgan fingerprint density at radius 3 is 1.91 bits per heavy atom. The molecule has 11 heavy (non-hydrogen) atoms. The number of rotatable bonds is 1. The van der Waals surface area contributed by atoms with Crippen molar-refractivity contribution in [2.75, 3.05) is 0 Å². The quantitative estimate of drug-likeness (QED) is 0.540. The summed E-state index contributed by atoms with van der Waals surface area (Å²) in [5, 5.41) is 0. The van der Waals surface area contributed by atoms with Gasteiger partial charge < -0.3 is 0 Å². The van der Waals surface area contributed by atoms with Gasteiger partial charge in [0.2, 0.25) is 0 Å².